The van der Waals surface area contributed by atoms with Crippen LogP contribution in [-0.4, -0.2) is 59.7 Å². The molecular weight excluding hydrogens is 332 g/mol. The molecule has 1 saturated heterocycles. The van der Waals surface area contributed by atoms with Crippen molar-refractivity contribution in [3.8, 4) is 11.6 Å². The van der Waals surface area contributed by atoms with E-state index in [-0.39, 0.29) is 11.7 Å². The zero-order valence-electron chi connectivity index (χ0n) is 14.5. The van der Waals surface area contributed by atoms with Crippen molar-refractivity contribution in [3.63, 3.8) is 0 Å². The number of fused-ring (bicyclic) bond motifs is 1. The summed E-state index contributed by atoms with van der Waals surface area (Å²) in [6, 6.07) is 11.7. The zero-order chi connectivity index (χ0) is 17.9. The average molecular weight is 354 g/mol. The van der Waals surface area contributed by atoms with Gasteiger partial charge in [-0.05, 0) is 11.6 Å². The van der Waals surface area contributed by atoms with E-state index in [9.17, 15) is 9.90 Å². The van der Waals surface area contributed by atoms with Crippen LogP contribution in [0.4, 0.5) is 0 Å². The van der Waals surface area contributed by atoms with E-state index in [2.05, 4.69) is 9.88 Å². The number of β-amino-alcohol motifs (C(OH)–C–C–N with tert-alkyl or cyclic N) is 1. The van der Waals surface area contributed by atoms with Crippen LogP contribution in [0.5, 0.6) is 11.6 Å². The fraction of sp³-hybridized carbons (Fsp3) is 0.400. The first kappa shape index (κ1) is 17.0. The van der Waals surface area contributed by atoms with Gasteiger partial charge in [-0.2, -0.15) is 0 Å². The van der Waals surface area contributed by atoms with Gasteiger partial charge in [0.15, 0.2) is 11.5 Å². The molecule has 0 bridgehead atoms. The van der Waals surface area contributed by atoms with Crippen LogP contribution in [0.15, 0.2) is 42.6 Å². The van der Waals surface area contributed by atoms with Crippen molar-refractivity contribution in [2.75, 3.05) is 32.8 Å². The Morgan fingerprint density at radius 3 is 2.85 bits per heavy atom. The highest BCUT2D eigenvalue weighted by Gasteiger charge is 2.32. The molecule has 6 nitrogen and oxygen atoms in total. The van der Waals surface area contributed by atoms with Crippen LogP contribution in [0.25, 0.3) is 0 Å². The van der Waals surface area contributed by atoms with Gasteiger partial charge in [0, 0.05) is 43.7 Å². The number of aliphatic hydroxyl groups excluding tert-OH is 1. The lowest BCUT2D eigenvalue weighted by Crippen LogP contribution is -2.25. The maximum atomic E-state index is 12.5. The van der Waals surface area contributed by atoms with Crippen molar-refractivity contribution in [2.45, 2.75) is 18.4 Å². The van der Waals surface area contributed by atoms with E-state index in [1.807, 2.05) is 30.3 Å². The summed E-state index contributed by atoms with van der Waals surface area (Å²) < 4.78 is 10.9. The highest BCUT2D eigenvalue weighted by Crippen LogP contribution is 2.29. The van der Waals surface area contributed by atoms with Gasteiger partial charge >= 0.3 is 0 Å². The van der Waals surface area contributed by atoms with E-state index < -0.39 is 6.10 Å². The van der Waals surface area contributed by atoms with Gasteiger partial charge in [-0.1, -0.05) is 30.3 Å². The highest BCUT2D eigenvalue weighted by molar-refractivity contribution is 5.96. The molecule has 2 aliphatic heterocycles. The lowest BCUT2D eigenvalue weighted by atomic mass is 9.96. The molecule has 2 aromatic rings. The maximum Gasteiger partial charge on any atom is 0.257 e. The van der Waals surface area contributed by atoms with Gasteiger partial charge in [0.1, 0.15) is 13.2 Å². The van der Waals surface area contributed by atoms with Gasteiger partial charge in [0.25, 0.3) is 5.88 Å². The molecule has 1 N–H and O–H groups in total. The third-order valence-electron chi connectivity index (χ3n) is 4.97. The van der Waals surface area contributed by atoms with Crippen molar-refractivity contribution >= 4 is 5.78 Å². The fourth-order valence-electron chi connectivity index (χ4n) is 3.57. The molecule has 0 aliphatic carbocycles. The third-order valence-corrected chi connectivity index (χ3v) is 4.97. The number of hydrogen-bond donors (Lipinski definition) is 1. The van der Waals surface area contributed by atoms with Gasteiger partial charge in [-0.25, -0.2) is 4.98 Å². The second kappa shape index (κ2) is 7.43. The number of nitrogens with zero attached hydrogens (tertiary/aromatic N) is 2. The summed E-state index contributed by atoms with van der Waals surface area (Å²) in [6.07, 6.45) is 1.53. The topological polar surface area (TPSA) is 71.9 Å². The molecule has 26 heavy (non-hydrogen) atoms. The first-order chi connectivity index (χ1) is 12.7. The van der Waals surface area contributed by atoms with Crippen LogP contribution in [0.2, 0.25) is 0 Å². The smallest absolute Gasteiger partial charge is 0.257 e. The second-order valence-corrected chi connectivity index (χ2v) is 6.74. The predicted octanol–water partition coefficient (Wildman–Crippen LogP) is 1.89. The lowest BCUT2D eigenvalue weighted by molar-refractivity contribution is 0.0962. The van der Waals surface area contributed by atoms with Crippen molar-refractivity contribution in [1.82, 2.24) is 9.88 Å². The van der Waals surface area contributed by atoms with Crippen molar-refractivity contribution in [3.05, 3.63) is 53.7 Å². The molecule has 1 fully saturated rings. The first-order valence-corrected chi connectivity index (χ1v) is 8.95. The van der Waals surface area contributed by atoms with Crippen molar-refractivity contribution < 1.29 is 19.4 Å². The minimum atomic E-state index is -0.400. The maximum absolute atomic E-state index is 12.5. The zero-order valence-corrected chi connectivity index (χ0v) is 14.5. The summed E-state index contributed by atoms with van der Waals surface area (Å²) in [7, 11) is 0. The number of hydrogen-bond acceptors (Lipinski definition) is 6. The summed E-state index contributed by atoms with van der Waals surface area (Å²) in [5.74, 6) is 1.10. The number of pyridine rings is 1. The summed E-state index contributed by atoms with van der Waals surface area (Å²) in [4.78, 5) is 18.8. The average Bonchev–Trinajstić information content (AvgIpc) is 3.07. The number of carbonyl (C=O) groups excluding carboxylic acids is 1. The van der Waals surface area contributed by atoms with E-state index in [1.54, 1.807) is 12.3 Å². The first-order valence-electron chi connectivity index (χ1n) is 8.95. The van der Waals surface area contributed by atoms with Crippen molar-refractivity contribution in [1.29, 1.82) is 0 Å². The Morgan fingerprint density at radius 2 is 2.00 bits per heavy atom. The molecule has 2 unspecified atom stereocenters. The molecular formula is C20H22N2O4. The Morgan fingerprint density at radius 1 is 1.19 bits per heavy atom. The fourth-order valence-corrected chi connectivity index (χ4v) is 3.57. The molecule has 0 radical (unpaired) electrons. The van der Waals surface area contributed by atoms with Gasteiger partial charge in [0.2, 0.25) is 0 Å². The number of aromatic nitrogens is 1. The molecule has 6 heteroatoms. The van der Waals surface area contributed by atoms with Gasteiger partial charge in [0.05, 0.1) is 6.10 Å². The van der Waals surface area contributed by atoms with E-state index in [4.69, 9.17) is 9.47 Å². The lowest BCUT2D eigenvalue weighted by Gasteiger charge is -2.18. The summed E-state index contributed by atoms with van der Waals surface area (Å²) >= 11 is 0. The minimum absolute atomic E-state index is 0.0205. The SMILES string of the molecule is O=C(CCN1CC(O)C(c2ccccc2)C1)c1cnc2c(c1)OCCO2. The number of ketones is 1. The minimum Gasteiger partial charge on any atom is -0.484 e. The molecule has 136 valence electrons. The quantitative estimate of drug-likeness (QED) is 0.827. The molecule has 2 aliphatic rings. The standard InChI is InChI=1S/C20H22N2O4/c23-17(15-10-19-20(21-11-15)26-9-8-25-19)6-7-22-12-16(18(24)13-22)14-4-2-1-3-5-14/h1-5,10-11,16,18,24H,6-9,12-13H2. The molecule has 1 aromatic carbocycles. The molecule has 1 aromatic heterocycles. The summed E-state index contributed by atoms with van der Waals surface area (Å²) in [6.45, 7) is 2.92. The Balaban J connectivity index is 1.35. The predicted molar refractivity (Wildman–Crippen MR) is 95.8 cm³/mol. The van der Waals surface area contributed by atoms with E-state index in [0.29, 0.717) is 49.9 Å². The number of likely N-dealkylation sites (tertiary alicyclic amines) is 1. The highest BCUT2D eigenvalue weighted by atomic mass is 16.6. The van der Waals surface area contributed by atoms with Crippen LogP contribution >= 0.6 is 0 Å². The summed E-state index contributed by atoms with van der Waals surface area (Å²) in [5, 5.41) is 10.4. The normalized spacial score (nSPS) is 22.3. The number of Topliss-reactive ketones (excluding diaryl/α,β-unsaturated/α-hetero) is 1. The Labute approximate surface area is 152 Å². The monoisotopic (exact) mass is 354 g/mol. The molecule has 0 saturated carbocycles. The van der Waals surface area contributed by atoms with E-state index >= 15 is 0 Å². The number of rotatable bonds is 5. The van der Waals surface area contributed by atoms with Crippen LogP contribution in [-0.2, 0) is 0 Å². The Hall–Kier alpha value is -2.44. The molecule has 3 heterocycles. The Bertz CT molecular complexity index is 781. The third kappa shape index (κ3) is 3.57. The van der Waals surface area contributed by atoms with E-state index in [0.717, 1.165) is 12.1 Å². The van der Waals surface area contributed by atoms with Gasteiger partial charge in [-0.3, -0.25) is 9.69 Å². The van der Waals surface area contributed by atoms with Gasteiger partial charge < -0.3 is 14.6 Å². The molecule has 2 atom stereocenters. The Kier molecular flexibility index (Phi) is 4.86. The number of carbonyl (C=O) groups is 1. The van der Waals surface area contributed by atoms with Crippen LogP contribution in [0, 0.1) is 0 Å². The molecule has 0 amide bonds. The number of ether oxygens (including phenoxy) is 2. The van der Waals surface area contributed by atoms with Crippen molar-refractivity contribution in [2.24, 2.45) is 0 Å². The molecule has 0 spiro atoms. The van der Waals surface area contributed by atoms with Crippen LogP contribution < -0.4 is 9.47 Å². The second-order valence-electron chi connectivity index (χ2n) is 6.74. The van der Waals surface area contributed by atoms with E-state index in [1.165, 1.54) is 0 Å². The largest absolute Gasteiger partial charge is 0.484 e. The van der Waals surface area contributed by atoms with Gasteiger partial charge in [-0.15, -0.1) is 0 Å². The van der Waals surface area contributed by atoms with Crippen LogP contribution in [0.3, 0.4) is 0 Å². The number of aliphatic hydroxyl groups is 1. The van der Waals surface area contributed by atoms with Crippen LogP contribution in [0.1, 0.15) is 28.3 Å². The summed E-state index contributed by atoms with van der Waals surface area (Å²) in [5.41, 5.74) is 1.68. The number of benzene rings is 1. The molecule has 4 rings (SSSR count).